The third kappa shape index (κ3) is 1.38. The Morgan fingerprint density at radius 3 is 2.75 bits per heavy atom. The first kappa shape index (κ1) is 9.66. The highest BCUT2D eigenvalue weighted by atomic mass is 35.5. The first-order valence-electron chi connectivity index (χ1n) is 5.03. The molecule has 1 aliphatic rings. The van der Waals surface area contributed by atoms with Crippen molar-refractivity contribution in [2.45, 2.75) is 13.3 Å². The van der Waals surface area contributed by atoms with Crippen LogP contribution in [-0.4, -0.2) is 16.8 Å². The number of rotatable bonds is 1. The number of aromatic nitrogens is 2. The third-order valence-corrected chi connectivity index (χ3v) is 2.79. The minimum Gasteiger partial charge on any atom is -0.454 e. The fourth-order valence-corrected chi connectivity index (χ4v) is 1.93. The maximum Gasteiger partial charge on any atom is 0.231 e. The van der Waals surface area contributed by atoms with Crippen molar-refractivity contribution in [1.82, 2.24) is 9.97 Å². The fraction of sp³-hybridized carbons (Fsp3) is 0.273. The Morgan fingerprint density at radius 2 is 2.00 bits per heavy atom. The van der Waals surface area contributed by atoms with Crippen LogP contribution in [0, 0.1) is 0 Å². The van der Waals surface area contributed by atoms with E-state index in [0.717, 1.165) is 23.1 Å². The summed E-state index contributed by atoms with van der Waals surface area (Å²) in [6, 6.07) is 3.66. The van der Waals surface area contributed by atoms with Crippen LogP contribution < -0.4 is 9.47 Å². The molecule has 4 nitrogen and oxygen atoms in total. The molecule has 0 atom stereocenters. The highest BCUT2D eigenvalue weighted by Crippen LogP contribution is 2.37. The maximum atomic E-state index is 6.10. The Bertz CT molecular complexity index is 571. The normalized spacial score (nSPS) is 13.4. The van der Waals surface area contributed by atoms with Crippen LogP contribution in [0.1, 0.15) is 12.7 Å². The summed E-state index contributed by atoms with van der Waals surface area (Å²) in [6.45, 7) is 2.24. The van der Waals surface area contributed by atoms with Crippen LogP contribution >= 0.6 is 11.6 Å². The Balaban J connectivity index is 2.31. The molecule has 0 aliphatic carbocycles. The van der Waals surface area contributed by atoms with E-state index < -0.39 is 0 Å². The standard InChI is InChI=1S/C11H9ClN2O2/c1-2-10-13-7-4-9-8(15-5-16-9)3-6(7)11(12)14-10/h3-4H,2,5H2,1H3. The van der Waals surface area contributed by atoms with Crippen LogP contribution in [0.5, 0.6) is 11.5 Å². The first-order valence-corrected chi connectivity index (χ1v) is 5.41. The average molecular weight is 237 g/mol. The predicted octanol–water partition coefficient (Wildman–Crippen LogP) is 2.57. The van der Waals surface area contributed by atoms with Gasteiger partial charge in [-0.1, -0.05) is 18.5 Å². The van der Waals surface area contributed by atoms with Crippen LogP contribution in [0.4, 0.5) is 0 Å². The van der Waals surface area contributed by atoms with Gasteiger partial charge in [0.05, 0.1) is 5.52 Å². The molecule has 0 unspecified atom stereocenters. The van der Waals surface area contributed by atoms with E-state index in [1.54, 1.807) is 0 Å². The van der Waals surface area contributed by atoms with Gasteiger partial charge in [0, 0.05) is 17.9 Å². The van der Waals surface area contributed by atoms with Gasteiger partial charge in [-0.2, -0.15) is 0 Å². The van der Waals surface area contributed by atoms with E-state index >= 15 is 0 Å². The van der Waals surface area contributed by atoms with Crippen molar-refractivity contribution >= 4 is 22.5 Å². The molecule has 16 heavy (non-hydrogen) atoms. The van der Waals surface area contributed by atoms with Crippen molar-refractivity contribution in [2.75, 3.05) is 6.79 Å². The number of hydrogen-bond acceptors (Lipinski definition) is 4. The molecule has 0 saturated carbocycles. The van der Waals surface area contributed by atoms with Crippen molar-refractivity contribution in [3.63, 3.8) is 0 Å². The number of ether oxygens (including phenoxy) is 2. The van der Waals surface area contributed by atoms with Crippen LogP contribution in [0.15, 0.2) is 12.1 Å². The molecule has 0 spiro atoms. The number of halogens is 1. The lowest BCUT2D eigenvalue weighted by Gasteiger charge is -2.04. The van der Waals surface area contributed by atoms with Gasteiger partial charge in [0.1, 0.15) is 11.0 Å². The second-order valence-electron chi connectivity index (χ2n) is 3.51. The second kappa shape index (κ2) is 3.49. The lowest BCUT2D eigenvalue weighted by atomic mass is 10.2. The number of benzene rings is 1. The largest absolute Gasteiger partial charge is 0.454 e. The molecule has 1 aromatic heterocycles. The first-order chi connectivity index (χ1) is 7.78. The molecule has 5 heteroatoms. The molecule has 1 aliphatic heterocycles. The van der Waals surface area contributed by atoms with Gasteiger partial charge < -0.3 is 9.47 Å². The quantitative estimate of drug-likeness (QED) is 0.714. The SMILES string of the molecule is CCc1nc(Cl)c2cc3c(cc2n1)OCO3. The molecule has 0 saturated heterocycles. The Labute approximate surface area is 97.2 Å². The van der Waals surface area contributed by atoms with Crippen LogP contribution in [-0.2, 0) is 6.42 Å². The van der Waals surface area contributed by atoms with Crippen molar-refractivity contribution in [3.8, 4) is 11.5 Å². The summed E-state index contributed by atoms with van der Waals surface area (Å²) in [4.78, 5) is 8.60. The molecule has 82 valence electrons. The van der Waals surface area contributed by atoms with Gasteiger partial charge >= 0.3 is 0 Å². The molecule has 2 aromatic rings. The van der Waals surface area contributed by atoms with E-state index in [0.29, 0.717) is 16.7 Å². The monoisotopic (exact) mass is 236 g/mol. The van der Waals surface area contributed by atoms with Crippen molar-refractivity contribution in [2.24, 2.45) is 0 Å². The highest BCUT2D eigenvalue weighted by molar-refractivity contribution is 6.34. The minimum absolute atomic E-state index is 0.247. The minimum atomic E-state index is 0.247. The highest BCUT2D eigenvalue weighted by Gasteiger charge is 2.16. The summed E-state index contributed by atoms with van der Waals surface area (Å²) in [5.41, 5.74) is 0.793. The molecule has 3 rings (SSSR count). The second-order valence-corrected chi connectivity index (χ2v) is 3.86. The van der Waals surface area contributed by atoms with E-state index in [9.17, 15) is 0 Å². The van der Waals surface area contributed by atoms with Crippen molar-refractivity contribution in [3.05, 3.63) is 23.1 Å². The van der Waals surface area contributed by atoms with Gasteiger partial charge in [-0.15, -0.1) is 0 Å². The zero-order valence-electron chi connectivity index (χ0n) is 8.66. The van der Waals surface area contributed by atoms with Crippen molar-refractivity contribution in [1.29, 1.82) is 0 Å². The molecule has 1 aromatic carbocycles. The average Bonchev–Trinajstić information content (AvgIpc) is 2.73. The summed E-state index contributed by atoms with van der Waals surface area (Å²) in [5, 5.41) is 1.25. The van der Waals surface area contributed by atoms with E-state index in [2.05, 4.69) is 9.97 Å². The van der Waals surface area contributed by atoms with E-state index in [1.165, 1.54) is 0 Å². The van der Waals surface area contributed by atoms with Gasteiger partial charge in [-0.3, -0.25) is 0 Å². The smallest absolute Gasteiger partial charge is 0.231 e. The van der Waals surface area contributed by atoms with Crippen LogP contribution in [0.2, 0.25) is 5.15 Å². The van der Waals surface area contributed by atoms with Gasteiger partial charge in [0.25, 0.3) is 0 Å². The van der Waals surface area contributed by atoms with Gasteiger partial charge in [-0.05, 0) is 6.07 Å². The molecule has 0 fully saturated rings. The molecular formula is C11H9ClN2O2. The molecule has 0 radical (unpaired) electrons. The Morgan fingerprint density at radius 1 is 1.25 bits per heavy atom. The number of hydrogen-bond donors (Lipinski definition) is 0. The zero-order valence-corrected chi connectivity index (χ0v) is 9.41. The molecular weight excluding hydrogens is 228 g/mol. The lowest BCUT2D eigenvalue weighted by Crippen LogP contribution is -1.94. The molecule has 0 amide bonds. The molecule has 0 bridgehead atoms. The summed E-state index contributed by atoms with van der Waals surface area (Å²) < 4.78 is 10.6. The Hall–Kier alpha value is -1.55. The predicted molar refractivity (Wildman–Crippen MR) is 60.0 cm³/mol. The summed E-state index contributed by atoms with van der Waals surface area (Å²) in [7, 11) is 0. The van der Waals surface area contributed by atoms with Gasteiger partial charge in [-0.25, -0.2) is 9.97 Å². The summed E-state index contributed by atoms with van der Waals surface area (Å²) in [6.07, 6.45) is 0.754. The number of nitrogens with zero attached hydrogens (tertiary/aromatic N) is 2. The summed E-state index contributed by atoms with van der Waals surface area (Å²) >= 11 is 6.10. The maximum absolute atomic E-state index is 6.10. The van der Waals surface area contributed by atoms with E-state index in [1.807, 2.05) is 19.1 Å². The lowest BCUT2D eigenvalue weighted by molar-refractivity contribution is 0.174. The molecule has 0 N–H and O–H groups in total. The number of aryl methyl sites for hydroxylation is 1. The topological polar surface area (TPSA) is 44.2 Å². The van der Waals surface area contributed by atoms with E-state index in [-0.39, 0.29) is 6.79 Å². The number of fused-ring (bicyclic) bond motifs is 2. The third-order valence-electron chi connectivity index (χ3n) is 2.51. The van der Waals surface area contributed by atoms with Gasteiger partial charge in [0.15, 0.2) is 11.5 Å². The van der Waals surface area contributed by atoms with Crippen LogP contribution in [0.25, 0.3) is 10.9 Å². The van der Waals surface area contributed by atoms with E-state index in [4.69, 9.17) is 21.1 Å². The van der Waals surface area contributed by atoms with Gasteiger partial charge in [0.2, 0.25) is 6.79 Å². The van der Waals surface area contributed by atoms with Crippen LogP contribution in [0.3, 0.4) is 0 Å². The Kier molecular flexibility index (Phi) is 2.11. The van der Waals surface area contributed by atoms with Crippen molar-refractivity contribution < 1.29 is 9.47 Å². The zero-order chi connectivity index (χ0) is 11.1. The fourth-order valence-electron chi connectivity index (χ4n) is 1.68. The molecule has 2 heterocycles. The summed E-state index contributed by atoms with van der Waals surface area (Å²) in [5.74, 6) is 2.14.